The van der Waals surface area contributed by atoms with Gasteiger partial charge in [-0.1, -0.05) is 45.9 Å². The molecule has 0 bridgehead atoms. The first-order valence-electron chi connectivity index (χ1n) is 16.3. The van der Waals surface area contributed by atoms with Crippen molar-refractivity contribution in [2.45, 2.75) is 89.7 Å². The molecule has 2 aromatic heterocycles. The second-order valence-electron chi connectivity index (χ2n) is 13.8. The molecule has 1 unspecified atom stereocenters. The molecule has 51 heavy (non-hydrogen) atoms. The highest BCUT2D eigenvalue weighted by atomic mass is 31.2. The molecule has 2 aliphatic rings. The third-order valence-electron chi connectivity index (χ3n) is 8.35. The van der Waals surface area contributed by atoms with E-state index in [1.54, 1.807) is 58.0 Å². The number of para-hydroxylation sites is 1. The van der Waals surface area contributed by atoms with Crippen molar-refractivity contribution in [2.24, 2.45) is 11.8 Å². The number of fused-ring (bicyclic) bond motifs is 2. The minimum Gasteiger partial charge on any atom is -0.461 e. The molecule has 3 heterocycles. The highest BCUT2D eigenvalue weighted by Crippen LogP contribution is 2.69. The molecule has 0 radical (unpaired) electrons. The number of nitrogen functional groups attached to an aromatic ring is 1. The van der Waals surface area contributed by atoms with Gasteiger partial charge in [-0.15, -0.1) is 0 Å². The molecule has 1 aliphatic heterocycles. The van der Waals surface area contributed by atoms with Crippen LogP contribution < -0.4 is 15.3 Å². The number of carbonyl (C=O) groups excluding carboxylic acids is 3. The summed E-state index contributed by atoms with van der Waals surface area (Å²) in [6.45, 7) is 9.19. The summed E-state index contributed by atoms with van der Waals surface area (Å²) in [5, 5.41) is 16.7. The van der Waals surface area contributed by atoms with Crippen LogP contribution in [0.15, 0.2) is 48.8 Å². The lowest BCUT2D eigenvalue weighted by atomic mass is 10.0. The van der Waals surface area contributed by atoms with Crippen LogP contribution in [-0.4, -0.2) is 85.9 Å². The lowest BCUT2D eigenvalue weighted by Gasteiger charge is -2.28. The average molecular weight is 736 g/mol. The van der Waals surface area contributed by atoms with Gasteiger partial charge < -0.3 is 34.3 Å². The summed E-state index contributed by atoms with van der Waals surface area (Å²) in [6.07, 6.45) is -3.85. The van der Waals surface area contributed by atoms with Gasteiger partial charge in [0.1, 0.15) is 36.3 Å². The van der Waals surface area contributed by atoms with Gasteiger partial charge in [0.15, 0.2) is 23.7 Å². The second-order valence-corrected chi connectivity index (χ2v) is 15.5. The Morgan fingerprint density at radius 2 is 1.75 bits per heavy atom. The van der Waals surface area contributed by atoms with Gasteiger partial charge in [0.05, 0.1) is 29.7 Å². The Hall–Kier alpha value is -4.15. The van der Waals surface area contributed by atoms with Crippen molar-refractivity contribution >= 4 is 37.0 Å². The minimum absolute atomic E-state index is 0.0684. The van der Waals surface area contributed by atoms with Gasteiger partial charge in [-0.2, -0.15) is 10.2 Å². The number of nitrogens with one attached hydrogen (secondary N) is 1. The van der Waals surface area contributed by atoms with Crippen molar-refractivity contribution in [2.75, 3.05) is 18.9 Å². The SMILES string of the molecule is CC(C)C(=O)O[C@H]1[C@H](c2ccc3c(N)ncnn23)O[C@@]2(CO[P@](=O)(N[C@@H](C)C(=O)OCC(C)(C)O)Oc3ccccc3)C(F)[C@]12OC(=O)C(C)C. The van der Waals surface area contributed by atoms with Crippen LogP contribution in [0.5, 0.6) is 5.75 Å². The zero-order valence-corrected chi connectivity index (χ0v) is 30.2. The van der Waals surface area contributed by atoms with E-state index >= 15 is 4.39 Å². The number of aromatic nitrogens is 3. The fourth-order valence-corrected chi connectivity index (χ4v) is 7.10. The third-order valence-corrected chi connectivity index (χ3v) is 9.97. The number of hydrogen-bond acceptors (Lipinski definition) is 14. The molecule has 4 N–H and O–H groups in total. The van der Waals surface area contributed by atoms with Gasteiger partial charge in [-0.3, -0.25) is 18.9 Å². The number of hydrogen-bond donors (Lipinski definition) is 3. The molecule has 16 nitrogen and oxygen atoms in total. The van der Waals surface area contributed by atoms with Crippen LogP contribution in [0.25, 0.3) is 5.52 Å². The number of anilines is 1. The second kappa shape index (κ2) is 14.1. The maximum absolute atomic E-state index is 16.7. The Balaban J connectivity index is 1.54. The first-order valence-corrected chi connectivity index (χ1v) is 17.9. The predicted molar refractivity (Wildman–Crippen MR) is 178 cm³/mol. The molecule has 1 saturated heterocycles. The summed E-state index contributed by atoms with van der Waals surface area (Å²) < 4.78 is 67.3. The molecule has 5 rings (SSSR count). The van der Waals surface area contributed by atoms with Crippen molar-refractivity contribution in [3.05, 3.63) is 54.5 Å². The van der Waals surface area contributed by atoms with Crippen LogP contribution in [0.4, 0.5) is 10.2 Å². The van der Waals surface area contributed by atoms with E-state index in [2.05, 4.69) is 15.2 Å². The number of esters is 3. The molecule has 1 aromatic carbocycles. The van der Waals surface area contributed by atoms with Gasteiger partial charge in [0.25, 0.3) is 0 Å². The van der Waals surface area contributed by atoms with Crippen LogP contribution in [0.3, 0.4) is 0 Å². The van der Waals surface area contributed by atoms with Crippen LogP contribution in [0.1, 0.15) is 60.3 Å². The summed E-state index contributed by atoms with van der Waals surface area (Å²) >= 11 is 0. The first kappa shape index (κ1) is 38.1. The lowest BCUT2D eigenvalue weighted by Crippen LogP contribution is -2.44. The maximum atomic E-state index is 16.7. The average Bonchev–Trinajstić information content (AvgIpc) is 3.33. The van der Waals surface area contributed by atoms with Gasteiger partial charge >= 0.3 is 25.7 Å². The van der Waals surface area contributed by atoms with E-state index in [9.17, 15) is 24.1 Å². The van der Waals surface area contributed by atoms with E-state index < -0.39 is 85.3 Å². The number of nitrogens with zero attached hydrogens (tertiary/aromatic N) is 3. The Morgan fingerprint density at radius 1 is 1.08 bits per heavy atom. The van der Waals surface area contributed by atoms with Gasteiger partial charge in [0, 0.05) is 0 Å². The number of nitrogens with two attached hydrogens (primary N) is 1. The largest absolute Gasteiger partial charge is 0.461 e. The van der Waals surface area contributed by atoms with E-state index in [-0.39, 0.29) is 23.9 Å². The van der Waals surface area contributed by atoms with Crippen LogP contribution >= 0.6 is 7.75 Å². The minimum atomic E-state index is -4.63. The maximum Gasteiger partial charge on any atom is 0.459 e. The third kappa shape index (κ3) is 7.44. The summed E-state index contributed by atoms with van der Waals surface area (Å²) in [7, 11) is -4.63. The number of benzene rings is 1. The van der Waals surface area contributed by atoms with Crippen LogP contribution in [0, 0.1) is 11.8 Å². The molecule has 0 spiro atoms. The van der Waals surface area contributed by atoms with Crippen molar-refractivity contribution in [3.8, 4) is 5.75 Å². The standard InChI is InChI=1S/C33H43FN5O11P/c1-18(2)27(40)47-25-24(22-13-14-23-26(35)36-17-37-39(22)23)48-32(30(34)33(25,32)49-28(41)19(3)4)16-46-51(44,50-21-11-9-8-10-12-21)38-20(5)29(42)45-15-31(6,7)43/h8-14,17-20,24-25,30,43H,15-16H2,1-7H3,(H,38,44)(H2,35,36,37)/t20-,24-,25-,30?,32-,33+,51+/m0/s1. The van der Waals surface area contributed by atoms with Gasteiger partial charge in [0.2, 0.25) is 5.60 Å². The smallest absolute Gasteiger partial charge is 0.459 e. The fourth-order valence-electron chi connectivity index (χ4n) is 5.58. The molecule has 2 fully saturated rings. The van der Waals surface area contributed by atoms with Gasteiger partial charge in [-0.25, -0.2) is 18.5 Å². The first-order chi connectivity index (χ1) is 23.8. The van der Waals surface area contributed by atoms with E-state index in [0.717, 1.165) is 0 Å². The van der Waals surface area contributed by atoms with Crippen molar-refractivity contribution in [3.63, 3.8) is 0 Å². The molecular formula is C33H43FN5O11P. The normalized spacial score (nSPS) is 26.0. The Morgan fingerprint density at radius 3 is 2.37 bits per heavy atom. The van der Waals surface area contributed by atoms with Crippen molar-refractivity contribution < 1.29 is 56.4 Å². The Kier molecular flexibility index (Phi) is 10.5. The van der Waals surface area contributed by atoms with E-state index in [4.69, 9.17) is 33.7 Å². The zero-order valence-electron chi connectivity index (χ0n) is 29.3. The number of carbonyl (C=O) groups is 3. The zero-order chi connectivity index (χ0) is 37.5. The molecule has 7 atom stereocenters. The number of aliphatic hydroxyl groups is 1. The predicted octanol–water partition coefficient (Wildman–Crippen LogP) is 3.48. The number of ether oxygens (including phenoxy) is 4. The fraction of sp³-hybridized carbons (Fsp3) is 0.545. The molecule has 1 saturated carbocycles. The lowest BCUT2D eigenvalue weighted by molar-refractivity contribution is -0.180. The van der Waals surface area contributed by atoms with Crippen LogP contribution in [-0.2, 0) is 42.4 Å². The molecular weight excluding hydrogens is 692 g/mol. The number of alkyl halides is 1. The van der Waals surface area contributed by atoms with Gasteiger partial charge in [-0.05, 0) is 45.0 Å². The van der Waals surface area contributed by atoms with E-state index in [1.165, 1.54) is 43.7 Å². The summed E-state index contributed by atoms with van der Waals surface area (Å²) in [4.78, 5) is 43.1. The monoisotopic (exact) mass is 735 g/mol. The number of rotatable bonds is 15. The molecule has 278 valence electrons. The Labute approximate surface area is 293 Å². The van der Waals surface area contributed by atoms with Crippen molar-refractivity contribution in [1.29, 1.82) is 0 Å². The molecule has 3 aromatic rings. The summed E-state index contributed by atoms with van der Waals surface area (Å²) in [6, 6.07) is 9.68. The van der Waals surface area contributed by atoms with E-state index in [0.29, 0.717) is 5.52 Å². The topological polar surface area (TPSA) is 212 Å². The number of halogens is 1. The molecule has 18 heteroatoms. The summed E-state index contributed by atoms with van der Waals surface area (Å²) in [5.74, 6) is -3.68. The molecule has 1 aliphatic carbocycles. The quantitative estimate of drug-likeness (QED) is 0.116. The molecule has 0 amide bonds. The highest BCUT2D eigenvalue weighted by Gasteiger charge is 2.93. The Bertz CT molecular complexity index is 1820. The van der Waals surface area contributed by atoms with Crippen LogP contribution in [0.2, 0.25) is 0 Å². The highest BCUT2D eigenvalue weighted by molar-refractivity contribution is 7.52. The van der Waals surface area contributed by atoms with Crippen molar-refractivity contribution in [1.82, 2.24) is 19.7 Å². The summed E-state index contributed by atoms with van der Waals surface area (Å²) in [5.41, 5.74) is 0.853. The van der Waals surface area contributed by atoms with E-state index in [1.807, 2.05) is 0 Å².